The monoisotopic (exact) mass is 527 g/mol. The molecule has 206 valence electrons. The number of nitrogens with one attached hydrogen (secondary N) is 3. The number of fused-ring (bicyclic) bond motifs is 3. The minimum absolute atomic E-state index is 0.00888. The van der Waals surface area contributed by atoms with E-state index in [1.165, 1.54) is 0 Å². The van der Waals surface area contributed by atoms with E-state index in [9.17, 15) is 19.2 Å². The first-order valence-corrected chi connectivity index (χ1v) is 13.4. The Morgan fingerprint density at radius 1 is 1.11 bits per heavy atom. The van der Waals surface area contributed by atoms with Gasteiger partial charge >= 0.3 is 5.63 Å². The molecule has 3 N–H and O–H groups in total. The third-order valence-electron chi connectivity index (χ3n) is 7.49. The van der Waals surface area contributed by atoms with Crippen molar-refractivity contribution < 1.29 is 28.3 Å². The van der Waals surface area contributed by atoms with Crippen LogP contribution in [0.15, 0.2) is 21.3 Å². The fraction of sp³-hybridized carbons (Fsp3) is 0.571. The first-order valence-electron chi connectivity index (χ1n) is 13.4. The normalized spacial score (nSPS) is 18.0. The minimum atomic E-state index is -0.710. The molecule has 1 aromatic heterocycles. The van der Waals surface area contributed by atoms with Crippen molar-refractivity contribution in [2.75, 3.05) is 26.3 Å². The molecule has 38 heavy (non-hydrogen) atoms. The molecule has 2 heterocycles. The molecule has 0 saturated carbocycles. The summed E-state index contributed by atoms with van der Waals surface area (Å²) in [6.45, 7) is 6.14. The van der Waals surface area contributed by atoms with Gasteiger partial charge in [0.15, 0.2) is 6.61 Å². The molecule has 0 bridgehead atoms. The Labute approximate surface area is 221 Å². The van der Waals surface area contributed by atoms with Gasteiger partial charge in [-0.1, -0.05) is 20.3 Å². The van der Waals surface area contributed by atoms with Crippen LogP contribution in [0.5, 0.6) is 5.75 Å². The highest BCUT2D eigenvalue weighted by Gasteiger charge is 2.27. The van der Waals surface area contributed by atoms with Gasteiger partial charge in [-0.15, -0.1) is 0 Å². The molecule has 0 spiro atoms. The Morgan fingerprint density at radius 3 is 2.63 bits per heavy atom. The van der Waals surface area contributed by atoms with Crippen molar-refractivity contribution in [3.63, 3.8) is 0 Å². The zero-order valence-electron chi connectivity index (χ0n) is 22.3. The lowest BCUT2D eigenvalue weighted by Crippen LogP contribution is -2.53. The molecule has 3 amide bonds. The summed E-state index contributed by atoms with van der Waals surface area (Å²) in [5.74, 6) is -0.870. The Bertz CT molecular complexity index is 1250. The Morgan fingerprint density at radius 2 is 1.89 bits per heavy atom. The van der Waals surface area contributed by atoms with Gasteiger partial charge in [-0.3, -0.25) is 14.4 Å². The van der Waals surface area contributed by atoms with E-state index in [4.69, 9.17) is 13.9 Å². The van der Waals surface area contributed by atoms with E-state index in [0.29, 0.717) is 36.5 Å². The second-order valence-corrected chi connectivity index (χ2v) is 10.1. The molecule has 10 nitrogen and oxygen atoms in total. The van der Waals surface area contributed by atoms with Gasteiger partial charge in [-0.2, -0.15) is 0 Å². The summed E-state index contributed by atoms with van der Waals surface area (Å²) in [6.07, 6.45) is 5.11. The standard InChI is InChI=1S/C28H37N3O7/c1-4-16(2)25(27(34)30-13-18-7-6-12-36-18)31-23(32)14-29-24(33)15-37-22-11-10-20-19-8-5-9-21(19)28(35)38-26(20)17(22)3/h10-11,16,18,25H,4-9,12-15H2,1-3H3,(H,29,33)(H,30,34)(H,31,32)/t16-,18?,25-/m0/s1. The lowest BCUT2D eigenvalue weighted by atomic mass is 9.98. The van der Waals surface area contributed by atoms with E-state index in [2.05, 4.69) is 16.0 Å². The van der Waals surface area contributed by atoms with Crippen LogP contribution in [0.4, 0.5) is 0 Å². The summed E-state index contributed by atoms with van der Waals surface area (Å²) >= 11 is 0. The van der Waals surface area contributed by atoms with E-state index in [1.54, 1.807) is 13.0 Å². The van der Waals surface area contributed by atoms with Gasteiger partial charge in [0.25, 0.3) is 5.91 Å². The molecule has 10 heteroatoms. The molecule has 1 aliphatic heterocycles. The third kappa shape index (κ3) is 6.35. The zero-order valence-corrected chi connectivity index (χ0v) is 22.3. The molecule has 1 fully saturated rings. The van der Waals surface area contributed by atoms with E-state index in [-0.39, 0.29) is 36.7 Å². The molecular weight excluding hydrogens is 490 g/mol. The van der Waals surface area contributed by atoms with Gasteiger partial charge in [-0.25, -0.2) is 4.79 Å². The van der Waals surface area contributed by atoms with Crippen molar-refractivity contribution in [3.8, 4) is 5.75 Å². The van der Waals surface area contributed by atoms with Crippen molar-refractivity contribution >= 4 is 28.7 Å². The van der Waals surface area contributed by atoms with E-state index in [1.807, 2.05) is 19.9 Å². The molecule has 3 atom stereocenters. The van der Waals surface area contributed by atoms with Gasteiger partial charge in [0.2, 0.25) is 11.8 Å². The molecule has 2 aliphatic rings. The Hall–Kier alpha value is -3.40. The molecule has 1 saturated heterocycles. The molecule has 0 radical (unpaired) electrons. The van der Waals surface area contributed by atoms with Crippen molar-refractivity contribution in [3.05, 3.63) is 39.2 Å². The number of ether oxygens (including phenoxy) is 2. The van der Waals surface area contributed by atoms with Gasteiger partial charge in [0.05, 0.1) is 12.6 Å². The van der Waals surface area contributed by atoms with Gasteiger partial charge in [0.1, 0.15) is 17.4 Å². The number of amides is 3. The van der Waals surface area contributed by atoms with Crippen LogP contribution < -0.4 is 26.3 Å². The molecular formula is C28H37N3O7. The van der Waals surface area contributed by atoms with Crippen LogP contribution >= 0.6 is 0 Å². The van der Waals surface area contributed by atoms with Crippen molar-refractivity contribution in [2.45, 2.75) is 71.4 Å². The summed E-state index contributed by atoms with van der Waals surface area (Å²) in [7, 11) is 0. The predicted octanol–water partition coefficient (Wildman–Crippen LogP) is 1.91. The predicted molar refractivity (Wildman–Crippen MR) is 141 cm³/mol. The van der Waals surface area contributed by atoms with E-state index in [0.717, 1.165) is 48.6 Å². The highest BCUT2D eigenvalue weighted by Crippen LogP contribution is 2.32. The van der Waals surface area contributed by atoms with Gasteiger partial charge in [-0.05, 0) is 62.6 Å². The number of aryl methyl sites for hydroxylation is 2. The number of rotatable bonds is 11. The number of carbonyl (C=O) groups excluding carboxylic acids is 3. The fourth-order valence-corrected chi connectivity index (χ4v) is 5.05. The fourth-order valence-electron chi connectivity index (χ4n) is 5.05. The molecule has 1 aromatic carbocycles. The third-order valence-corrected chi connectivity index (χ3v) is 7.49. The summed E-state index contributed by atoms with van der Waals surface area (Å²) in [4.78, 5) is 50.0. The maximum Gasteiger partial charge on any atom is 0.339 e. The molecule has 4 rings (SSSR count). The number of benzene rings is 1. The SMILES string of the molecule is CC[C@H](C)[C@H](NC(=O)CNC(=O)COc1ccc2c3c(c(=O)oc2c1C)CCC3)C(=O)NCC1CCCO1. The second kappa shape index (κ2) is 12.4. The molecule has 2 aromatic rings. The molecule has 1 unspecified atom stereocenters. The van der Waals surface area contributed by atoms with Crippen LogP contribution in [0, 0.1) is 12.8 Å². The summed E-state index contributed by atoms with van der Waals surface area (Å²) in [6, 6.07) is 2.91. The van der Waals surface area contributed by atoms with E-state index < -0.39 is 17.9 Å². The Balaban J connectivity index is 1.28. The molecule has 1 aliphatic carbocycles. The lowest BCUT2D eigenvalue weighted by molar-refractivity contribution is -0.131. The number of hydrogen-bond acceptors (Lipinski definition) is 7. The average Bonchev–Trinajstić information content (AvgIpc) is 3.62. The van der Waals surface area contributed by atoms with Crippen molar-refractivity contribution in [1.82, 2.24) is 16.0 Å². The minimum Gasteiger partial charge on any atom is -0.483 e. The Kier molecular flexibility index (Phi) is 9.04. The highest BCUT2D eigenvalue weighted by molar-refractivity contribution is 5.90. The van der Waals surface area contributed by atoms with Crippen LogP contribution in [0.2, 0.25) is 0 Å². The van der Waals surface area contributed by atoms with Crippen LogP contribution in [0.1, 0.15) is 56.2 Å². The summed E-state index contributed by atoms with van der Waals surface area (Å²) < 4.78 is 16.8. The lowest BCUT2D eigenvalue weighted by Gasteiger charge is -2.24. The highest BCUT2D eigenvalue weighted by atomic mass is 16.5. The largest absolute Gasteiger partial charge is 0.483 e. The number of carbonyl (C=O) groups is 3. The zero-order chi connectivity index (χ0) is 27.2. The van der Waals surface area contributed by atoms with E-state index >= 15 is 0 Å². The number of hydrogen-bond donors (Lipinski definition) is 3. The maximum atomic E-state index is 12.7. The smallest absolute Gasteiger partial charge is 0.339 e. The van der Waals surface area contributed by atoms with Crippen LogP contribution in [-0.4, -0.2) is 56.2 Å². The summed E-state index contributed by atoms with van der Waals surface area (Å²) in [5, 5.41) is 9.04. The van der Waals surface area contributed by atoms with Crippen molar-refractivity contribution in [2.24, 2.45) is 5.92 Å². The van der Waals surface area contributed by atoms with Gasteiger partial charge in [0, 0.05) is 29.7 Å². The summed E-state index contributed by atoms with van der Waals surface area (Å²) in [5.41, 5.74) is 2.59. The second-order valence-electron chi connectivity index (χ2n) is 10.1. The van der Waals surface area contributed by atoms with Crippen LogP contribution in [0.3, 0.4) is 0 Å². The van der Waals surface area contributed by atoms with Crippen molar-refractivity contribution in [1.29, 1.82) is 0 Å². The van der Waals surface area contributed by atoms with Gasteiger partial charge < -0.3 is 29.8 Å². The first-order chi connectivity index (χ1) is 18.3. The maximum absolute atomic E-state index is 12.7. The first kappa shape index (κ1) is 27.6. The van der Waals surface area contributed by atoms with Crippen LogP contribution in [0.25, 0.3) is 11.0 Å². The quantitative estimate of drug-likeness (QED) is 0.380. The van der Waals surface area contributed by atoms with Crippen LogP contribution in [-0.2, 0) is 32.0 Å². The topological polar surface area (TPSA) is 136 Å². The average molecular weight is 528 g/mol.